The average Bonchev–Trinajstić information content (AvgIpc) is 2.94. The minimum atomic E-state index is -1.93. The first-order valence-electron chi connectivity index (χ1n) is 11.1. The molecule has 3 aromatic carbocycles. The number of benzene rings is 3. The molecule has 236 valence electrons. The van der Waals surface area contributed by atoms with Crippen LogP contribution in [0.4, 0.5) is 51.2 Å². The van der Waals surface area contributed by atoms with Gasteiger partial charge < -0.3 is 0 Å². The summed E-state index contributed by atoms with van der Waals surface area (Å²) in [5.74, 6) is 0. The Kier molecular flexibility index (Phi) is 8.45. The molecule has 0 saturated heterocycles. The predicted molar refractivity (Wildman–Crippen MR) is 141 cm³/mol. The largest absolute Gasteiger partial charge is 0.295 e. The van der Waals surface area contributed by atoms with Crippen molar-refractivity contribution >= 4 is 51.2 Å². The molecular formula is C19H7N9O18. The third-order valence-electron chi connectivity index (χ3n) is 6.02. The Morgan fingerprint density at radius 3 is 0.957 bits per heavy atom. The molecule has 0 spiro atoms. The molecule has 0 bridgehead atoms. The summed E-state index contributed by atoms with van der Waals surface area (Å²) in [7, 11) is 0. The molecule has 0 aliphatic rings. The Morgan fingerprint density at radius 1 is 0.348 bits per heavy atom. The first kappa shape index (κ1) is 32.8. The van der Waals surface area contributed by atoms with Crippen molar-refractivity contribution in [3.63, 3.8) is 0 Å². The van der Waals surface area contributed by atoms with Crippen molar-refractivity contribution in [3.8, 4) is 11.1 Å². The third-order valence-corrected chi connectivity index (χ3v) is 6.02. The van der Waals surface area contributed by atoms with Crippen LogP contribution in [0.25, 0.3) is 11.1 Å². The summed E-state index contributed by atoms with van der Waals surface area (Å²) < 4.78 is 0. The van der Waals surface area contributed by atoms with E-state index in [9.17, 15) is 91.0 Å². The highest BCUT2D eigenvalue weighted by atomic mass is 16.7. The lowest BCUT2D eigenvalue weighted by atomic mass is 9.90. The highest BCUT2D eigenvalue weighted by Gasteiger charge is 2.45. The summed E-state index contributed by atoms with van der Waals surface area (Å²) >= 11 is 0. The van der Waals surface area contributed by atoms with Crippen molar-refractivity contribution in [1.29, 1.82) is 0 Å². The quantitative estimate of drug-likeness (QED) is 0.196. The van der Waals surface area contributed by atoms with Crippen LogP contribution in [0.2, 0.25) is 0 Å². The maximum Gasteiger partial charge on any atom is 0.295 e. The topological polar surface area (TPSA) is 388 Å². The second-order valence-corrected chi connectivity index (χ2v) is 8.43. The van der Waals surface area contributed by atoms with Gasteiger partial charge in [-0.2, -0.15) is 0 Å². The van der Waals surface area contributed by atoms with E-state index in [0.717, 1.165) is 0 Å². The lowest BCUT2D eigenvalue weighted by Gasteiger charge is -2.11. The van der Waals surface area contributed by atoms with E-state index in [4.69, 9.17) is 0 Å². The van der Waals surface area contributed by atoms with Crippen molar-refractivity contribution in [1.82, 2.24) is 0 Å². The van der Waals surface area contributed by atoms with Crippen molar-refractivity contribution in [2.45, 2.75) is 6.42 Å². The van der Waals surface area contributed by atoms with Gasteiger partial charge >= 0.3 is 0 Å². The average molecular weight is 649 g/mol. The van der Waals surface area contributed by atoms with E-state index in [2.05, 4.69) is 0 Å². The van der Waals surface area contributed by atoms with E-state index in [0.29, 0.717) is 0 Å². The van der Waals surface area contributed by atoms with E-state index in [1.165, 1.54) is 0 Å². The summed E-state index contributed by atoms with van der Waals surface area (Å²) in [6.07, 6.45) is -1.66. The van der Waals surface area contributed by atoms with Gasteiger partial charge in [0, 0.05) is 6.42 Å². The molecule has 0 radical (unpaired) electrons. The summed E-state index contributed by atoms with van der Waals surface area (Å²) in [4.78, 5) is 92.7. The number of nitro benzene ring substituents is 9. The standard InChI is InChI=1S/C19H7N9O18/c29-20(30)7-1-11(22(33)34)9(12(2-7)23(35)36)5-10-13(24(37)38)6-16(27(43)44)18(19(10)28(45)46)17-14(25(39)40)3-8(21(31)32)4-15(17)26(41)42/h1-4,6H,5H2. The van der Waals surface area contributed by atoms with Crippen LogP contribution in [-0.2, 0) is 6.42 Å². The van der Waals surface area contributed by atoms with E-state index >= 15 is 0 Å². The fourth-order valence-electron chi connectivity index (χ4n) is 4.27. The second-order valence-electron chi connectivity index (χ2n) is 8.43. The van der Waals surface area contributed by atoms with Crippen LogP contribution in [0, 0.1) is 91.0 Å². The Bertz CT molecular complexity index is 1920. The molecule has 0 saturated carbocycles. The Labute approximate surface area is 246 Å². The molecule has 0 aliphatic carbocycles. The Morgan fingerprint density at radius 2 is 0.652 bits per heavy atom. The molecule has 0 fully saturated rings. The first-order valence-corrected chi connectivity index (χ1v) is 11.1. The number of hydrogen-bond donors (Lipinski definition) is 0. The smallest absolute Gasteiger partial charge is 0.258 e. The minimum absolute atomic E-state index is 0.0306. The van der Waals surface area contributed by atoms with Gasteiger partial charge in [0.2, 0.25) is 0 Å². The van der Waals surface area contributed by atoms with Gasteiger partial charge in [0.25, 0.3) is 51.2 Å². The number of hydrogen-bond acceptors (Lipinski definition) is 18. The summed E-state index contributed by atoms with van der Waals surface area (Å²) in [6, 6.07) is 0.276. The van der Waals surface area contributed by atoms with E-state index in [1.54, 1.807) is 0 Å². The fraction of sp³-hybridized carbons (Fsp3) is 0.0526. The maximum absolute atomic E-state index is 12.4. The van der Waals surface area contributed by atoms with Crippen LogP contribution in [0.5, 0.6) is 0 Å². The molecule has 3 rings (SSSR count). The normalized spacial score (nSPS) is 10.5. The molecular weight excluding hydrogens is 642 g/mol. The second kappa shape index (κ2) is 11.9. The molecule has 0 unspecified atom stereocenters. The molecule has 0 amide bonds. The summed E-state index contributed by atoms with van der Waals surface area (Å²) in [6.45, 7) is 0. The SMILES string of the molecule is O=[N+]([O-])c1cc([N+](=O)[O-])c(Cc2c([N+](=O)[O-])cc([N+](=O)[O-])c(-c3c([N+](=O)[O-])cc([N+](=O)[O-])cc3[N+](=O)[O-])c2[N+](=O)[O-])c([N+](=O)[O-])c1. The van der Waals surface area contributed by atoms with Gasteiger partial charge in [-0.05, 0) is 0 Å². The molecule has 0 atom stereocenters. The van der Waals surface area contributed by atoms with Crippen molar-refractivity contribution in [3.05, 3.63) is 132 Å². The minimum Gasteiger partial charge on any atom is -0.258 e. The van der Waals surface area contributed by atoms with E-state index in [1.807, 2.05) is 0 Å². The van der Waals surface area contributed by atoms with Crippen LogP contribution in [-0.4, -0.2) is 44.3 Å². The van der Waals surface area contributed by atoms with Crippen LogP contribution in [0.1, 0.15) is 11.1 Å². The Balaban J connectivity index is 2.73. The molecule has 0 aliphatic heterocycles. The van der Waals surface area contributed by atoms with Gasteiger partial charge in [-0.15, -0.1) is 0 Å². The van der Waals surface area contributed by atoms with Crippen molar-refractivity contribution in [2.24, 2.45) is 0 Å². The van der Waals surface area contributed by atoms with Crippen LogP contribution in [0.15, 0.2) is 30.3 Å². The number of non-ortho nitro benzene ring substituents is 2. The van der Waals surface area contributed by atoms with Gasteiger partial charge in [0.1, 0.15) is 11.1 Å². The van der Waals surface area contributed by atoms with E-state index < -0.39 is 124 Å². The van der Waals surface area contributed by atoms with Gasteiger partial charge in [-0.25, -0.2) is 0 Å². The summed E-state index contributed by atoms with van der Waals surface area (Å²) in [5.41, 5.74) is -20.4. The van der Waals surface area contributed by atoms with Gasteiger partial charge in [0.05, 0.1) is 74.6 Å². The number of nitrogens with zero attached hydrogens (tertiary/aromatic N) is 9. The first-order chi connectivity index (χ1) is 21.3. The monoisotopic (exact) mass is 649 g/mol. The van der Waals surface area contributed by atoms with Crippen LogP contribution in [0.3, 0.4) is 0 Å². The van der Waals surface area contributed by atoms with E-state index in [-0.39, 0.29) is 30.3 Å². The third kappa shape index (κ3) is 5.79. The lowest BCUT2D eigenvalue weighted by Crippen LogP contribution is -2.10. The van der Waals surface area contributed by atoms with Gasteiger partial charge in [-0.1, -0.05) is 0 Å². The van der Waals surface area contributed by atoms with Gasteiger partial charge in [0.15, 0.2) is 11.1 Å². The van der Waals surface area contributed by atoms with Crippen LogP contribution < -0.4 is 0 Å². The Hall–Kier alpha value is -7.74. The number of nitro groups is 9. The molecule has 27 nitrogen and oxygen atoms in total. The number of rotatable bonds is 12. The maximum atomic E-state index is 12.4. The molecule has 0 heterocycles. The zero-order valence-corrected chi connectivity index (χ0v) is 21.5. The molecule has 27 heteroatoms. The molecule has 0 N–H and O–H groups in total. The van der Waals surface area contributed by atoms with Gasteiger partial charge in [-0.3, -0.25) is 91.0 Å². The highest BCUT2D eigenvalue weighted by Crippen LogP contribution is 2.52. The zero-order chi connectivity index (χ0) is 34.9. The molecule has 46 heavy (non-hydrogen) atoms. The van der Waals surface area contributed by atoms with Crippen LogP contribution >= 0.6 is 0 Å². The molecule has 3 aromatic rings. The lowest BCUT2D eigenvalue weighted by molar-refractivity contribution is -0.406. The molecule has 0 aromatic heterocycles. The van der Waals surface area contributed by atoms with Crippen molar-refractivity contribution in [2.75, 3.05) is 0 Å². The van der Waals surface area contributed by atoms with Crippen molar-refractivity contribution < 1.29 is 44.3 Å². The summed E-state index contributed by atoms with van der Waals surface area (Å²) in [5, 5.41) is 106. The fourth-order valence-corrected chi connectivity index (χ4v) is 4.27. The highest BCUT2D eigenvalue weighted by molar-refractivity contribution is 5.96. The predicted octanol–water partition coefficient (Wildman–Crippen LogP) is 4.12. The zero-order valence-electron chi connectivity index (χ0n) is 21.5.